The number of hydrogen-bond acceptors (Lipinski definition) is 2. The zero-order valence-electron chi connectivity index (χ0n) is 11.2. The number of unbranched alkanes of at least 4 members (excludes halogenated alkanes) is 1. The summed E-state index contributed by atoms with van der Waals surface area (Å²) in [4.78, 5) is 0. The standard InChI is InChI=1S/C17H17ClOS/c18-15-12-10-14(11-13-15)6-4-5-9-17(20)19-16-7-2-1-3-8-16/h1-3,7-8,10-13H,4-6,9H2. The average molecular weight is 305 g/mol. The number of thiocarbonyl (C=S) groups is 1. The highest BCUT2D eigenvalue weighted by Crippen LogP contribution is 2.14. The minimum absolute atomic E-state index is 0.660. The Balaban J connectivity index is 1.66. The van der Waals surface area contributed by atoms with Gasteiger partial charge < -0.3 is 4.74 Å². The minimum Gasteiger partial charge on any atom is -0.450 e. The maximum absolute atomic E-state index is 5.86. The zero-order chi connectivity index (χ0) is 14.2. The molecule has 0 saturated carbocycles. The SMILES string of the molecule is S=C(CCCCc1ccc(Cl)cc1)Oc1ccccc1. The molecule has 0 N–H and O–H groups in total. The van der Waals surface area contributed by atoms with Crippen molar-refractivity contribution in [2.75, 3.05) is 0 Å². The van der Waals surface area contributed by atoms with Crippen molar-refractivity contribution in [1.29, 1.82) is 0 Å². The molecule has 104 valence electrons. The fraction of sp³-hybridized carbons (Fsp3) is 0.235. The van der Waals surface area contributed by atoms with Crippen LogP contribution in [0.25, 0.3) is 0 Å². The van der Waals surface area contributed by atoms with Crippen LogP contribution in [-0.4, -0.2) is 5.05 Å². The molecule has 0 spiro atoms. The number of benzene rings is 2. The van der Waals surface area contributed by atoms with Gasteiger partial charge in [-0.25, -0.2) is 0 Å². The molecule has 0 heterocycles. The minimum atomic E-state index is 0.660. The van der Waals surface area contributed by atoms with Gasteiger partial charge >= 0.3 is 0 Å². The van der Waals surface area contributed by atoms with E-state index in [1.807, 2.05) is 42.5 Å². The Morgan fingerprint density at radius 2 is 1.65 bits per heavy atom. The molecule has 2 rings (SSSR count). The van der Waals surface area contributed by atoms with Crippen LogP contribution in [0.5, 0.6) is 5.75 Å². The Morgan fingerprint density at radius 1 is 0.950 bits per heavy atom. The van der Waals surface area contributed by atoms with Gasteiger partial charge in [0.2, 0.25) is 0 Å². The summed E-state index contributed by atoms with van der Waals surface area (Å²) in [6, 6.07) is 17.7. The predicted octanol–water partition coefficient (Wildman–Crippen LogP) is 5.46. The summed E-state index contributed by atoms with van der Waals surface area (Å²) in [6.07, 6.45) is 4.00. The summed E-state index contributed by atoms with van der Waals surface area (Å²) in [5.74, 6) is 0.815. The van der Waals surface area contributed by atoms with E-state index in [1.165, 1.54) is 5.56 Å². The van der Waals surface area contributed by atoms with Gasteiger partial charge in [-0.3, -0.25) is 0 Å². The molecule has 3 heteroatoms. The molecule has 1 nitrogen and oxygen atoms in total. The maximum atomic E-state index is 5.86. The highest BCUT2D eigenvalue weighted by molar-refractivity contribution is 7.80. The molecule has 0 aliphatic heterocycles. The van der Waals surface area contributed by atoms with Crippen molar-refractivity contribution in [2.24, 2.45) is 0 Å². The molecule has 20 heavy (non-hydrogen) atoms. The Hall–Kier alpha value is -1.38. The summed E-state index contributed by atoms with van der Waals surface area (Å²) < 4.78 is 5.60. The Bertz CT molecular complexity index is 537. The molecule has 0 fully saturated rings. The lowest BCUT2D eigenvalue weighted by Crippen LogP contribution is -2.04. The molecule has 0 saturated heterocycles. The topological polar surface area (TPSA) is 9.23 Å². The van der Waals surface area contributed by atoms with E-state index in [0.29, 0.717) is 5.05 Å². The number of para-hydroxylation sites is 1. The van der Waals surface area contributed by atoms with Crippen LogP contribution in [-0.2, 0) is 6.42 Å². The third kappa shape index (κ3) is 5.32. The van der Waals surface area contributed by atoms with Gasteiger partial charge in [-0.15, -0.1) is 0 Å². The zero-order valence-corrected chi connectivity index (χ0v) is 12.8. The molecule has 0 amide bonds. The number of rotatable bonds is 6. The lowest BCUT2D eigenvalue weighted by atomic mass is 10.1. The normalized spacial score (nSPS) is 10.2. The van der Waals surface area contributed by atoms with Gasteiger partial charge in [-0.2, -0.15) is 0 Å². The smallest absolute Gasteiger partial charge is 0.167 e. The van der Waals surface area contributed by atoms with E-state index in [0.717, 1.165) is 36.5 Å². The van der Waals surface area contributed by atoms with Crippen LogP contribution in [0.2, 0.25) is 5.02 Å². The first-order valence-electron chi connectivity index (χ1n) is 6.74. The summed E-state index contributed by atoms with van der Waals surface area (Å²) in [5.41, 5.74) is 1.31. The van der Waals surface area contributed by atoms with Crippen LogP contribution in [0.3, 0.4) is 0 Å². The molecule has 0 aromatic heterocycles. The van der Waals surface area contributed by atoms with Crippen molar-refractivity contribution in [2.45, 2.75) is 25.7 Å². The summed E-state index contributed by atoms with van der Waals surface area (Å²) >= 11 is 11.1. The van der Waals surface area contributed by atoms with E-state index in [4.69, 9.17) is 28.6 Å². The van der Waals surface area contributed by atoms with Gasteiger partial charge in [0.1, 0.15) is 5.75 Å². The molecule has 0 aliphatic carbocycles. The molecular formula is C17H17ClOS. The molecule has 0 atom stereocenters. The maximum Gasteiger partial charge on any atom is 0.167 e. The summed E-state index contributed by atoms with van der Waals surface area (Å²) in [7, 11) is 0. The first-order valence-corrected chi connectivity index (χ1v) is 7.53. The first-order chi connectivity index (χ1) is 9.74. The molecule has 0 unspecified atom stereocenters. The second-order valence-electron chi connectivity index (χ2n) is 4.62. The third-order valence-corrected chi connectivity index (χ3v) is 3.52. The fourth-order valence-electron chi connectivity index (χ4n) is 1.92. The summed E-state index contributed by atoms with van der Waals surface area (Å²) in [6.45, 7) is 0. The van der Waals surface area contributed by atoms with Gasteiger partial charge in [-0.05, 0) is 61.3 Å². The first kappa shape index (κ1) is 15.0. The predicted molar refractivity (Wildman–Crippen MR) is 88.7 cm³/mol. The van der Waals surface area contributed by atoms with E-state index >= 15 is 0 Å². The molecule has 0 aliphatic rings. The Labute approximate surface area is 130 Å². The monoisotopic (exact) mass is 304 g/mol. The summed E-state index contributed by atoms with van der Waals surface area (Å²) in [5, 5.41) is 1.44. The van der Waals surface area contributed by atoms with Crippen LogP contribution in [0.4, 0.5) is 0 Å². The van der Waals surface area contributed by atoms with Crippen LogP contribution >= 0.6 is 23.8 Å². The van der Waals surface area contributed by atoms with E-state index in [2.05, 4.69) is 12.1 Å². The van der Waals surface area contributed by atoms with Crippen molar-refractivity contribution in [1.82, 2.24) is 0 Å². The van der Waals surface area contributed by atoms with Gasteiger partial charge in [0.05, 0.1) is 0 Å². The van der Waals surface area contributed by atoms with Crippen molar-refractivity contribution < 1.29 is 4.74 Å². The number of halogens is 1. The highest BCUT2D eigenvalue weighted by atomic mass is 35.5. The lowest BCUT2D eigenvalue weighted by Gasteiger charge is -2.07. The van der Waals surface area contributed by atoms with E-state index in [1.54, 1.807) is 0 Å². The number of hydrogen-bond donors (Lipinski definition) is 0. The lowest BCUT2D eigenvalue weighted by molar-refractivity contribution is 0.539. The van der Waals surface area contributed by atoms with Gasteiger partial charge in [0, 0.05) is 11.4 Å². The van der Waals surface area contributed by atoms with E-state index < -0.39 is 0 Å². The third-order valence-electron chi connectivity index (χ3n) is 2.98. The second-order valence-corrected chi connectivity index (χ2v) is 5.51. The average Bonchev–Trinajstić information content (AvgIpc) is 2.46. The van der Waals surface area contributed by atoms with E-state index in [-0.39, 0.29) is 0 Å². The van der Waals surface area contributed by atoms with Gasteiger partial charge in [0.15, 0.2) is 5.05 Å². The van der Waals surface area contributed by atoms with Crippen LogP contribution in [0.1, 0.15) is 24.8 Å². The number of ether oxygens (including phenoxy) is 1. The Kier molecular flexibility index (Phi) is 6.03. The van der Waals surface area contributed by atoms with Gasteiger partial charge in [-0.1, -0.05) is 41.9 Å². The van der Waals surface area contributed by atoms with Crippen molar-refractivity contribution >= 4 is 28.9 Å². The number of aryl methyl sites for hydroxylation is 1. The van der Waals surface area contributed by atoms with Crippen molar-refractivity contribution in [3.8, 4) is 5.75 Å². The van der Waals surface area contributed by atoms with Crippen LogP contribution < -0.4 is 4.74 Å². The quantitative estimate of drug-likeness (QED) is 0.518. The second kappa shape index (κ2) is 8.03. The van der Waals surface area contributed by atoms with E-state index in [9.17, 15) is 0 Å². The van der Waals surface area contributed by atoms with Crippen LogP contribution in [0.15, 0.2) is 54.6 Å². The van der Waals surface area contributed by atoms with Crippen LogP contribution in [0, 0.1) is 0 Å². The molecule has 2 aromatic carbocycles. The molecule has 0 radical (unpaired) electrons. The Morgan fingerprint density at radius 3 is 2.35 bits per heavy atom. The van der Waals surface area contributed by atoms with Crippen molar-refractivity contribution in [3.63, 3.8) is 0 Å². The molecule has 2 aromatic rings. The molecule has 0 bridgehead atoms. The van der Waals surface area contributed by atoms with Crippen molar-refractivity contribution in [3.05, 3.63) is 65.2 Å². The largest absolute Gasteiger partial charge is 0.450 e. The highest BCUT2D eigenvalue weighted by Gasteiger charge is 2.01. The van der Waals surface area contributed by atoms with Gasteiger partial charge in [0.25, 0.3) is 0 Å². The molecular weight excluding hydrogens is 288 g/mol. The fourth-order valence-corrected chi connectivity index (χ4v) is 2.29.